The lowest BCUT2D eigenvalue weighted by Gasteiger charge is -2.08. The second-order valence-electron chi connectivity index (χ2n) is 5.38. The first-order valence-electron chi connectivity index (χ1n) is 8.01. The van der Waals surface area contributed by atoms with Gasteiger partial charge in [-0.2, -0.15) is 5.10 Å². The summed E-state index contributed by atoms with van der Waals surface area (Å²) in [6, 6.07) is 13.5. The lowest BCUT2D eigenvalue weighted by molar-refractivity contribution is -0.307. The van der Waals surface area contributed by atoms with Gasteiger partial charge in [0.2, 0.25) is 0 Å². The maximum Gasteiger partial charge on any atom is 0.277 e. The molecule has 0 aliphatic rings. The van der Waals surface area contributed by atoms with Crippen molar-refractivity contribution in [1.82, 2.24) is 5.43 Å². The molecular weight excluding hydrogens is 352 g/mol. The third kappa shape index (κ3) is 6.69. The van der Waals surface area contributed by atoms with Gasteiger partial charge in [-0.1, -0.05) is 0 Å². The molecule has 1 N–H and O–H groups in total. The minimum Gasteiger partial charge on any atom is -0.546 e. The number of rotatable bonds is 9. The number of aliphatic carboxylic acids is 1. The summed E-state index contributed by atoms with van der Waals surface area (Å²) in [6.45, 7) is 1.03. The van der Waals surface area contributed by atoms with Crippen molar-refractivity contribution in [3.63, 3.8) is 0 Å². The number of benzene rings is 2. The first-order valence-corrected chi connectivity index (χ1v) is 8.01. The van der Waals surface area contributed by atoms with Crippen molar-refractivity contribution in [3.8, 4) is 17.2 Å². The Morgan fingerprint density at radius 2 is 1.44 bits per heavy atom. The first-order chi connectivity index (χ1) is 13.0. The van der Waals surface area contributed by atoms with Crippen LogP contribution in [-0.4, -0.2) is 37.9 Å². The van der Waals surface area contributed by atoms with Crippen molar-refractivity contribution >= 4 is 17.6 Å². The van der Waals surface area contributed by atoms with Gasteiger partial charge < -0.3 is 24.1 Å². The lowest BCUT2D eigenvalue weighted by atomic mass is 10.1. The SMILES string of the molecule is COc1ccc(OCC(=O)N/N=C(/C)c2ccc(OCC(=O)[O-])cc2)cc1. The molecule has 2 aromatic carbocycles. The number of ether oxygens (including phenoxy) is 3. The molecular formula is C19H19N2O6-. The van der Waals surface area contributed by atoms with E-state index in [1.807, 2.05) is 0 Å². The highest BCUT2D eigenvalue weighted by Crippen LogP contribution is 2.16. The number of hydrogen-bond donors (Lipinski definition) is 1. The number of carbonyl (C=O) groups excluding carboxylic acids is 2. The van der Waals surface area contributed by atoms with Crippen LogP contribution in [0.1, 0.15) is 12.5 Å². The molecule has 0 aromatic heterocycles. The van der Waals surface area contributed by atoms with E-state index in [0.29, 0.717) is 23.0 Å². The van der Waals surface area contributed by atoms with Crippen molar-refractivity contribution in [2.24, 2.45) is 5.10 Å². The molecule has 0 unspecified atom stereocenters. The van der Waals surface area contributed by atoms with Crippen LogP contribution in [0.2, 0.25) is 0 Å². The average molecular weight is 371 g/mol. The van der Waals surface area contributed by atoms with Gasteiger partial charge in [0.25, 0.3) is 5.91 Å². The fourth-order valence-corrected chi connectivity index (χ4v) is 2.00. The van der Waals surface area contributed by atoms with Gasteiger partial charge >= 0.3 is 0 Å². The highest BCUT2D eigenvalue weighted by Gasteiger charge is 2.04. The smallest absolute Gasteiger partial charge is 0.277 e. The molecule has 2 aromatic rings. The molecule has 27 heavy (non-hydrogen) atoms. The minimum atomic E-state index is -1.30. The van der Waals surface area contributed by atoms with Gasteiger partial charge in [-0.05, 0) is 61.0 Å². The minimum absolute atomic E-state index is 0.181. The molecule has 0 bridgehead atoms. The molecule has 142 valence electrons. The Bertz CT molecular complexity index is 800. The van der Waals surface area contributed by atoms with Crippen LogP contribution in [0.4, 0.5) is 0 Å². The second kappa shape index (κ2) is 9.81. The van der Waals surface area contributed by atoms with Gasteiger partial charge in [0, 0.05) is 0 Å². The molecule has 1 amide bonds. The zero-order valence-electron chi connectivity index (χ0n) is 14.9. The fraction of sp³-hybridized carbons (Fsp3) is 0.211. The van der Waals surface area contributed by atoms with Crippen LogP contribution in [0.15, 0.2) is 53.6 Å². The van der Waals surface area contributed by atoms with Crippen molar-refractivity contribution in [1.29, 1.82) is 0 Å². The van der Waals surface area contributed by atoms with Crippen LogP contribution in [0.3, 0.4) is 0 Å². The molecule has 8 heteroatoms. The second-order valence-corrected chi connectivity index (χ2v) is 5.38. The summed E-state index contributed by atoms with van der Waals surface area (Å²) in [4.78, 5) is 22.2. The average Bonchev–Trinajstić information content (AvgIpc) is 2.69. The Balaban J connectivity index is 1.82. The molecule has 0 aliphatic carbocycles. The number of carboxylic acid groups (broad SMARTS) is 1. The molecule has 0 aliphatic heterocycles. The van der Waals surface area contributed by atoms with Gasteiger partial charge in [-0.25, -0.2) is 5.43 Å². The van der Waals surface area contributed by atoms with E-state index >= 15 is 0 Å². The maximum absolute atomic E-state index is 11.8. The third-order valence-corrected chi connectivity index (χ3v) is 3.41. The van der Waals surface area contributed by atoms with E-state index in [9.17, 15) is 14.7 Å². The van der Waals surface area contributed by atoms with Gasteiger partial charge in [0.15, 0.2) is 6.61 Å². The molecule has 0 fully saturated rings. The molecule has 0 heterocycles. The van der Waals surface area contributed by atoms with Gasteiger partial charge in [0.05, 0.1) is 18.8 Å². The Labute approximate surface area is 156 Å². The van der Waals surface area contributed by atoms with Crippen molar-refractivity contribution in [2.75, 3.05) is 20.3 Å². The third-order valence-electron chi connectivity index (χ3n) is 3.41. The van der Waals surface area contributed by atoms with E-state index in [0.717, 1.165) is 5.56 Å². The summed E-state index contributed by atoms with van der Waals surface area (Å²) in [5.41, 5.74) is 3.72. The number of amides is 1. The highest BCUT2D eigenvalue weighted by atomic mass is 16.5. The predicted octanol–water partition coefficient (Wildman–Crippen LogP) is 0.743. The summed E-state index contributed by atoms with van der Waals surface area (Å²) in [6.07, 6.45) is 0. The summed E-state index contributed by atoms with van der Waals surface area (Å²) in [5, 5.41) is 14.4. The predicted molar refractivity (Wildman–Crippen MR) is 95.8 cm³/mol. The topological polar surface area (TPSA) is 109 Å². The summed E-state index contributed by atoms with van der Waals surface area (Å²) in [7, 11) is 1.57. The lowest BCUT2D eigenvalue weighted by Crippen LogP contribution is -2.28. The van der Waals surface area contributed by atoms with Gasteiger partial charge in [-0.15, -0.1) is 0 Å². The molecule has 8 nitrogen and oxygen atoms in total. The number of hydrazone groups is 1. The molecule has 0 saturated carbocycles. The maximum atomic E-state index is 11.8. The van der Waals surface area contributed by atoms with Gasteiger partial charge in [0.1, 0.15) is 23.9 Å². The zero-order chi connectivity index (χ0) is 19.6. The largest absolute Gasteiger partial charge is 0.546 e. The standard InChI is InChI=1S/C19H20N2O6/c1-13(14-3-5-16(6-4-14)27-12-19(23)24)20-21-18(22)11-26-17-9-7-15(25-2)8-10-17/h3-10H,11-12H2,1-2H3,(H,21,22)(H,23,24)/p-1/b20-13-. The monoisotopic (exact) mass is 371 g/mol. The van der Waals surface area contributed by atoms with Crippen molar-refractivity contribution in [3.05, 3.63) is 54.1 Å². The Hall–Kier alpha value is -3.55. The van der Waals surface area contributed by atoms with Crippen LogP contribution >= 0.6 is 0 Å². The summed E-state index contributed by atoms with van der Waals surface area (Å²) in [5.74, 6) is -0.0648. The number of carbonyl (C=O) groups is 2. The zero-order valence-corrected chi connectivity index (χ0v) is 14.9. The van der Waals surface area contributed by atoms with E-state index in [2.05, 4.69) is 10.5 Å². The van der Waals surface area contributed by atoms with E-state index in [1.165, 1.54) is 0 Å². The number of carboxylic acids is 1. The van der Waals surface area contributed by atoms with Crippen LogP contribution in [-0.2, 0) is 9.59 Å². The quantitative estimate of drug-likeness (QED) is 0.514. The van der Waals surface area contributed by atoms with E-state index in [-0.39, 0.29) is 6.61 Å². The Morgan fingerprint density at radius 1 is 0.926 bits per heavy atom. The summed E-state index contributed by atoms with van der Waals surface area (Å²) >= 11 is 0. The molecule has 0 radical (unpaired) electrons. The van der Waals surface area contributed by atoms with Crippen LogP contribution in [0.25, 0.3) is 0 Å². The fourth-order valence-electron chi connectivity index (χ4n) is 2.00. The number of nitrogens with one attached hydrogen (secondary N) is 1. The van der Waals surface area contributed by atoms with Gasteiger partial charge in [-0.3, -0.25) is 4.79 Å². The first kappa shape index (κ1) is 19.8. The highest BCUT2D eigenvalue weighted by molar-refractivity contribution is 5.99. The molecule has 0 atom stereocenters. The Morgan fingerprint density at radius 3 is 2.00 bits per heavy atom. The molecule has 0 spiro atoms. The molecule has 2 rings (SSSR count). The van der Waals surface area contributed by atoms with E-state index in [1.54, 1.807) is 62.6 Å². The van der Waals surface area contributed by atoms with E-state index < -0.39 is 18.5 Å². The normalized spacial score (nSPS) is 10.8. The number of hydrogen-bond acceptors (Lipinski definition) is 7. The number of nitrogens with zero attached hydrogens (tertiary/aromatic N) is 1. The van der Waals surface area contributed by atoms with E-state index in [4.69, 9.17) is 14.2 Å². The van der Waals surface area contributed by atoms with Crippen LogP contribution in [0.5, 0.6) is 17.2 Å². The summed E-state index contributed by atoms with van der Waals surface area (Å²) < 4.78 is 15.4. The van der Waals surface area contributed by atoms with Crippen LogP contribution in [0, 0.1) is 0 Å². The number of methoxy groups -OCH3 is 1. The van der Waals surface area contributed by atoms with Crippen LogP contribution < -0.4 is 24.7 Å². The van der Waals surface area contributed by atoms with Crippen molar-refractivity contribution in [2.45, 2.75) is 6.92 Å². The van der Waals surface area contributed by atoms with Crippen molar-refractivity contribution < 1.29 is 28.9 Å². The Kier molecular flexibility index (Phi) is 7.18. The molecule has 0 saturated heterocycles.